The van der Waals surface area contributed by atoms with Gasteiger partial charge in [0.15, 0.2) is 0 Å². The number of primary sulfonamides is 1. The van der Waals surface area contributed by atoms with Gasteiger partial charge in [0.2, 0.25) is 10.0 Å². The van der Waals surface area contributed by atoms with Crippen molar-refractivity contribution in [3.8, 4) is 5.75 Å². The van der Waals surface area contributed by atoms with Crippen LogP contribution in [-0.2, 0) is 10.0 Å². The predicted octanol–water partition coefficient (Wildman–Crippen LogP) is 0.924. The van der Waals surface area contributed by atoms with Crippen molar-refractivity contribution in [2.75, 3.05) is 0 Å². The minimum Gasteiger partial charge on any atom is -0.489 e. The van der Waals surface area contributed by atoms with Crippen LogP contribution in [0.2, 0.25) is 5.15 Å². The number of ether oxygens (including phenoxy) is 1. The fraction of sp³-hybridized carbons (Fsp3) is 0.375. The summed E-state index contributed by atoms with van der Waals surface area (Å²) in [6.45, 7) is 0. The highest BCUT2D eigenvalue weighted by molar-refractivity contribution is 7.89. The summed E-state index contributed by atoms with van der Waals surface area (Å²) in [4.78, 5) is 3.53. The Bertz CT molecular complexity index is 485. The first-order valence-electron chi connectivity index (χ1n) is 4.32. The highest BCUT2D eigenvalue weighted by Crippen LogP contribution is 2.31. The van der Waals surface area contributed by atoms with Gasteiger partial charge in [0.25, 0.3) is 0 Å². The molecule has 7 heteroatoms. The molecular formula is C8H9ClN2O3S. The van der Waals surface area contributed by atoms with E-state index in [1.165, 1.54) is 6.07 Å². The van der Waals surface area contributed by atoms with Crippen molar-refractivity contribution in [3.05, 3.63) is 17.4 Å². The van der Waals surface area contributed by atoms with Crippen molar-refractivity contribution in [3.63, 3.8) is 0 Å². The summed E-state index contributed by atoms with van der Waals surface area (Å²) in [7, 11) is -3.81. The molecule has 0 unspecified atom stereocenters. The molecule has 1 aromatic rings. The fourth-order valence-electron chi connectivity index (χ4n) is 1.07. The van der Waals surface area contributed by atoms with Crippen LogP contribution < -0.4 is 9.88 Å². The molecule has 15 heavy (non-hydrogen) atoms. The number of pyridine rings is 1. The summed E-state index contributed by atoms with van der Waals surface area (Å²) in [6, 6.07) is 1.36. The average molecular weight is 249 g/mol. The Morgan fingerprint density at radius 2 is 2.20 bits per heavy atom. The quantitative estimate of drug-likeness (QED) is 0.807. The molecule has 2 rings (SSSR count). The van der Waals surface area contributed by atoms with Gasteiger partial charge in [-0.25, -0.2) is 18.5 Å². The summed E-state index contributed by atoms with van der Waals surface area (Å²) < 4.78 is 27.7. The van der Waals surface area contributed by atoms with Crippen LogP contribution in [0.4, 0.5) is 0 Å². The Hall–Kier alpha value is -0.850. The maximum atomic E-state index is 11.2. The molecule has 0 aliphatic heterocycles. The molecule has 0 atom stereocenters. The van der Waals surface area contributed by atoms with Gasteiger partial charge in [-0.2, -0.15) is 0 Å². The van der Waals surface area contributed by atoms with E-state index in [-0.39, 0.29) is 21.9 Å². The van der Waals surface area contributed by atoms with Gasteiger partial charge in [-0.3, -0.25) is 0 Å². The maximum absolute atomic E-state index is 11.2. The molecule has 0 aromatic carbocycles. The number of rotatable bonds is 3. The fourth-order valence-corrected chi connectivity index (χ4v) is 1.81. The van der Waals surface area contributed by atoms with Gasteiger partial charge in [-0.15, -0.1) is 0 Å². The Balaban J connectivity index is 2.43. The van der Waals surface area contributed by atoms with Gasteiger partial charge in [-0.1, -0.05) is 11.6 Å². The van der Waals surface area contributed by atoms with Crippen molar-refractivity contribution < 1.29 is 13.2 Å². The van der Waals surface area contributed by atoms with Crippen molar-refractivity contribution in [1.29, 1.82) is 0 Å². The number of halogens is 1. The minimum absolute atomic E-state index is 0.0731. The third kappa shape index (κ3) is 2.58. The lowest BCUT2D eigenvalue weighted by molar-refractivity contribution is 0.294. The first kappa shape index (κ1) is 10.7. The highest BCUT2D eigenvalue weighted by atomic mass is 35.5. The second-order valence-corrected chi connectivity index (χ2v) is 5.23. The van der Waals surface area contributed by atoms with E-state index in [9.17, 15) is 8.42 Å². The summed E-state index contributed by atoms with van der Waals surface area (Å²) in [6.07, 6.45) is 3.02. The molecule has 2 N–H and O–H groups in total. The van der Waals surface area contributed by atoms with Crippen molar-refractivity contribution in [2.24, 2.45) is 5.14 Å². The molecule has 1 aliphatic carbocycles. The van der Waals surface area contributed by atoms with Crippen molar-refractivity contribution in [1.82, 2.24) is 4.98 Å². The monoisotopic (exact) mass is 248 g/mol. The molecular weight excluding hydrogens is 240 g/mol. The lowest BCUT2D eigenvalue weighted by Gasteiger charge is -2.08. The van der Waals surface area contributed by atoms with Crippen molar-refractivity contribution in [2.45, 2.75) is 23.8 Å². The Labute approximate surface area is 92.3 Å². The summed E-state index contributed by atoms with van der Waals surface area (Å²) in [5, 5.41) is 5.19. The third-order valence-corrected chi connectivity index (χ3v) is 3.05. The van der Waals surface area contributed by atoms with Crippen LogP contribution in [-0.4, -0.2) is 19.5 Å². The number of hydrogen-bond donors (Lipinski definition) is 1. The van der Waals surface area contributed by atoms with E-state index >= 15 is 0 Å². The largest absolute Gasteiger partial charge is 0.489 e. The molecule has 0 radical (unpaired) electrons. The minimum atomic E-state index is -3.81. The summed E-state index contributed by atoms with van der Waals surface area (Å²) >= 11 is 5.64. The Morgan fingerprint density at radius 3 is 2.73 bits per heavy atom. The van der Waals surface area contributed by atoms with Gasteiger partial charge in [-0.05, 0) is 12.8 Å². The molecule has 1 fully saturated rings. The van der Waals surface area contributed by atoms with Crippen LogP contribution in [0, 0.1) is 0 Å². The van der Waals surface area contributed by atoms with E-state index in [1.807, 2.05) is 0 Å². The summed E-state index contributed by atoms with van der Waals surface area (Å²) in [5.74, 6) is 0.181. The average Bonchev–Trinajstić information content (AvgIpc) is 2.85. The van der Waals surface area contributed by atoms with Crippen LogP contribution in [0.3, 0.4) is 0 Å². The van der Waals surface area contributed by atoms with Crippen LogP contribution in [0.5, 0.6) is 5.75 Å². The second-order valence-electron chi connectivity index (χ2n) is 3.32. The molecule has 0 amide bonds. The third-order valence-electron chi connectivity index (χ3n) is 1.92. The number of aromatic nitrogens is 1. The predicted molar refractivity (Wildman–Crippen MR) is 54.3 cm³/mol. The molecule has 82 valence electrons. The standard InChI is InChI=1S/C8H9ClN2O3S/c9-8-3-6(14-5-1-2-5)7(4-11-8)15(10,12)13/h3-5H,1-2H2,(H2,10,12,13). The summed E-state index contributed by atoms with van der Waals surface area (Å²) in [5.41, 5.74) is 0. The zero-order valence-electron chi connectivity index (χ0n) is 7.68. The first-order chi connectivity index (χ1) is 6.97. The van der Waals surface area contributed by atoms with E-state index in [1.54, 1.807) is 0 Å². The Kier molecular flexibility index (Phi) is 2.57. The molecule has 0 saturated heterocycles. The number of nitrogens with two attached hydrogens (primary N) is 1. The van der Waals surface area contributed by atoms with Gasteiger partial charge >= 0.3 is 0 Å². The second kappa shape index (κ2) is 3.62. The van der Waals surface area contributed by atoms with Gasteiger partial charge in [0.05, 0.1) is 12.3 Å². The van der Waals surface area contributed by atoms with E-state index in [0.717, 1.165) is 19.0 Å². The van der Waals surface area contributed by atoms with Crippen LogP contribution in [0.15, 0.2) is 17.2 Å². The lowest BCUT2D eigenvalue weighted by atomic mass is 10.4. The molecule has 5 nitrogen and oxygen atoms in total. The smallest absolute Gasteiger partial charge is 0.243 e. The van der Waals surface area contributed by atoms with Crippen LogP contribution >= 0.6 is 11.6 Å². The molecule has 1 aliphatic rings. The zero-order valence-corrected chi connectivity index (χ0v) is 9.25. The molecule has 1 saturated carbocycles. The lowest BCUT2D eigenvalue weighted by Crippen LogP contribution is -2.14. The topological polar surface area (TPSA) is 82.3 Å². The molecule has 1 heterocycles. The first-order valence-corrected chi connectivity index (χ1v) is 6.24. The van der Waals surface area contributed by atoms with Gasteiger partial charge < -0.3 is 4.74 Å². The van der Waals surface area contributed by atoms with Gasteiger partial charge in [0, 0.05) is 6.07 Å². The van der Waals surface area contributed by atoms with Crippen molar-refractivity contribution >= 4 is 21.6 Å². The maximum Gasteiger partial charge on any atom is 0.243 e. The van der Waals surface area contributed by atoms with Gasteiger partial charge in [0.1, 0.15) is 15.8 Å². The number of sulfonamides is 1. The van der Waals surface area contributed by atoms with E-state index < -0.39 is 10.0 Å². The van der Waals surface area contributed by atoms with E-state index in [4.69, 9.17) is 21.5 Å². The molecule has 1 aromatic heterocycles. The van der Waals surface area contributed by atoms with E-state index in [2.05, 4.69) is 4.98 Å². The number of hydrogen-bond acceptors (Lipinski definition) is 4. The molecule has 0 bridgehead atoms. The normalized spacial score (nSPS) is 16.4. The number of nitrogens with zero attached hydrogens (tertiary/aromatic N) is 1. The molecule has 0 spiro atoms. The highest BCUT2D eigenvalue weighted by Gasteiger charge is 2.27. The van der Waals surface area contributed by atoms with Crippen LogP contribution in [0.25, 0.3) is 0 Å². The van der Waals surface area contributed by atoms with Crippen LogP contribution in [0.1, 0.15) is 12.8 Å². The Morgan fingerprint density at radius 1 is 1.53 bits per heavy atom. The SMILES string of the molecule is NS(=O)(=O)c1cnc(Cl)cc1OC1CC1. The van der Waals surface area contributed by atoms with E-state index in [0.29, 0.717) is 0 Å². The zero-order chi connectivity index (χ0) is 11.1.